The Hall–Kier alpha value is -4.08. The fourth-order valence-electron chi connectivity index (χ4n) is 5.04. The summed E-state index contributed by atoms with van der Waals surface area (Å²) in [4.78, 5) is 27.1. The highest BCUT2D eigenvalue weighted by atomic mass is 16.6. The van der Waals surface area contributed by atoms with E-state index in [1.54, 1.807) is 12.1 Å². The number of anilines is 1. The Labute approximate surface area is 247 Å². The van der Waals surface area contributed by atoms with Crippen molar-refractivity contribution >= 4 is 17.7 Å². The molecule has 1 saturated heterocycles. The third-order valence-corrected chi connectivity index (χ3v) is 7.43. The Morgan fingerprint density at radius 3 is 2.38 bits per heavy atom. The van der Waals surface area contributed by atoms with Gasteiger partial charge in [-0.15, -0.1) is 0 Å². The molecule has 1 aliphatic heterocycles. The van der Waals surface area contributed by atoms with Gasteiger partial charge in [-0.3, -0.25) is 10.1 Å². The van der Waals surface area contributed by atoms with Crippen molar-refractivity contribution in [3.63, 3.8) is 0 Å². The van der Waals surface area contributed by atoms with E-state index in [0.29, 0.717) is 26.1 Å². The van der Waals surface area contributed by atoms with Crippen LogP contribution in [0.25, 0.3) is 11.1 Å². The average molecular weight is 575 g/mol. The quantitative estimate of drug-likeness (QED) is 0.132. The van der Waals surface area contributed by atoms with Crippen LogP contribution < -0.4 is 16.0 Å². The molecule has 2 amide bonds. The molecule has 1 heterocycles. The normalized spacial score (nSPS) is 13.9. The van der Waals surface area contributed by atoms with Gasteiger partial charge in [-0.1, -0.05) is 61.0 Å². The van der Waals surface area contributed by atoms with Crippen LogP contribution in [0, 0.1) is 0 Å². The van der Waals surface area contributed by atoms with Crippen LogP contribution in [0.4, 0.5) is 10.5 Å². The lowest BCUT2D eigenvalue weighted by atomic mass is 10.0. The van der Waals surface area contributed by atoms with Gasteiger partial charge in [0.05, 0.1) is 5.69 Å². The molecule has 0 radical (unpaired) electrons. The Balaban J connectivity index is 1.03. The zero-order valence-electron chi connectivity index (χ0n) is 24.1. The summed E-state index contributed by atoms with van der Waals surface area (Å²) < 4.78 is 5.71. The molecule has 0 bridgehead atoms. The predicted octanol–water partition coefficient (Wildman–Crippen LogP) is 5.24. The van der Waals surface area contributed by atoms with Gasteiger partial charge in [-0.25, -0.2) is 4.79 Å². The minimum Gasteiger partial charge on any atom is -0.504 e. The van der Waals surface area contributed by atoms with Gasteiger partial charge >= 0.3 is 6.09 Å². The van der Waals surface area contributed by atoms with E-state index >= 15 is 0 Å². The lowest BCUT2D eigenvalue weighted by Crippen LogP contribution is -2.40. The largest absolute Gasteiger partial charge is 0.504 e. The zero-order valence-corrected chi connectivity index (χ0v) is 24.1. The van der Waals surface area contributed by atoms with Crippen LogP contribution in [0.3, 0.4) is 0 Å². The number of hydrogen-bond acceptors (Lipinski definition) is 7. The van der Waals surface area contributed by atoms with Gasteiger partial charge in [-0.05, 0) is 61.6 Å². The monoisotopic (exact) mass is 574 g/mol. The van der Waals surface area contributed by atoms with Crippen molar-refractivity contribution in [1.29, 1.82) is 0 Å². The Bertz CT molecular complexity index is 1280. The fraction of sp³-hybridized carbons (Fsp3) is 0.394. The molecule has 3 aromatic rings. The van der Waals surface area contributed by atoms with Gasteiger partial charge < -0.3 is 30.5 Å². The standard InChI is InChI=1S/C33H42N4O5/c38-30-14-13-25(23-31(30)39)24-34-18-7-2-8-19-35-32(40)17-22-37-20-15-27(16-21-37)42-33(41)36-29-12-6-5-11-28(29)26-9-3-1-4-10-26/h1,3-6,9-14,23,27,34,38-39H,2,7-8,15-22,24H2,(H,35,40)(H,36,41). The number of ether oxygens (including phenoxy) is 1. The van der Waals surface area contributed by atoms with Crippen LogP contribution >= 0.6 is 0 Å². The maximum absolute atomic E-state index is 12.6. The van der Waals surface area contributed by atoms with Gasteiger partial charge in [0.25, 0.3) is 0 Å². The second-order valence-electron chi connectivity index (χ2n) is 10.6. The molecule has 1 fully saturated rings. The summed E-state index contributed by atoms with van der Waals surface area (Å²) in [6, 6.07) is 22.5. The number of nitrogens with zero attached hydrogens (tertiary/aromatic N) is 1. The summed E-state index contributed by atoms with van der Waals surface area (Å²) >= 11 is 0. The molecule has 0 aliphatic carbocycles. The van der Waals surface area contributed by atoms with Crippen LogP contribution in [-0.2, 0) is 16.1 Å². The lowest BCUT2D eigenvalue weighted by molar-refractivity contribution is -0.121. The van der Waals surface area contributed by atoms with E-state index in [4.69, 9.17) is 4.74 Å². The number of benzene rings is 3. The Morgan fingerprint density at radius 1 is 0.857 bits per heavy atom. The third kappa shape index (κ3) is 10.1. The molecule has 0 atom stereocenters. The van der Waals surface area contributed by atoms with E-state index in [1.807, 2.05) is 54.6 Å². The van der Waals surface area contributed by atoms with Crippen LogP contribution in [0.15, 0.2) is 72.8 Å². The number of nitrogens with one attached hydrogen (secondary N) is 3. The summed E-state index contributed by atoms with van der Waals surface area (Å²) in [6.45, 7) is 4.43. The van der Waals surface area contributed by atoms with Crippen LogP contribution in [0.1, 0.15) is 44.1 Å². The molecule has 224 valence electrons. The smallest absolute Gasteiger partial charge is 0.411 e. The molecule has 0 spiro atoms. The first-order valence-corrected chi connectivity index (χ1v) is 14.8. The van der Waals surface area contributed by atoms with Crippen LogP contribution in [0.2, 0.25) is 0 Å². The highest BCUT2D eigenvalue weighted by molar-refractivity contribution is 5.91. The number of carbonyl (C=O) groups excluding carboxylic acids is 2. The molecule has 4 rings (SSSR count). The van der Waals surface area contributed by atoms with Gasteiger partial charge in [0, 0.05) is 44.7 Å². The number of amides is 2. The minimum absolute atomic E-state index is 0.0649. The molecule has 0 saturated carbocycles. The second-order valence-corrected chi connectivity index (χ2v) is 10.6. The first-order chi connectivity index (χ1) is 20.5. The highest BCUT2D eigenvalue weighted by Crippen LogP contribution is 2.28. The molecule has 3 aromatic carbocycles. The van der Waals surface area contributed by atoms with Gasteiger partial charge in [0.15, 0.2) is 11.5 Å². The van der Waals surface area contributed by atoms with E-state index in [9.17, 15) is 19.8 Å². The number of carbonyl (C=O) groups is 2. The molecule has 1 aliphatic rings. The molecular weight excluding hydrogens is 532 g/mol. The first kappa shape index (κ1) is 30.9. The summed E-state index contributed by atoms with van der Waals surface area (Å²) in [7, 11) is 0. The number of para-hydroxylation sites is 1. The van der Waals surface area contributed by atoms with E-state index in [0.717, 1.165) is 74.1 Å². The molecule has 0 unspecified atom stereocenters. The SMILES string of the molecule is O=C(CCN1CCC(OC(=O)Nc2ccccc2-c2ccccc2)CC1)NCCCCCNCc1ccc(O)c(O)c1. The lowest BCUT2D eigenvalue weighted by Gasteiger charge is -2.31. The first-order valence-electron chi connectivity index (χ1n) is 14.8. The second kappa shape index (κ2) is 16.4. The number of hydrogen-bond donors (Lipinski definition) is 5. The average Bonchev–Trinajstić information content (AvgIpc) is 3.00. The van der Waals surface area contributed by atoms with Crippen molar-refractivity contribution in [2.75, 3.05) is 38.0 Å². The Morgan fingerprint density at radius 2 is 1.60 bits per heavy atom. The van der Waals surface area contributed by atoms with Gasteiger partial charge in [-0.2, -0.15) is 0 Å². The summed E-state index contributed by atoms with van der Waals surface area (Å²) in [5, 5.41) is 28.1. The van der Waals surface area contributed by atoms with Crippen molar-refractivity contribution in [2.45, 2.75) is 51.2 Å². The van der Waals surface area contributed by atoms with Crippen molar-refractivity contribution in [2.24, 2.45) is 0 Å². The number of rotatable bonds is 14. The van der Waals surface area contributed by atoms with E-state index < -0.39 is 6.09 Å². The number of piperidine rings is 1. The summed E-state index contributed by atoms with van der Waals surface area (Å²) in [6.07, 6.45) is 4.30. The molecule has 5 N–H and O–H groups in total. The zero-order chi connectivity index (χ0) is 29.6. The number of phenols is 2. The third-order valence-electron chi connectivity index (χ3n) is 7.43. The molecule has 42 heavy (non-hydrogen) atoms. The number of unbranched alkanes of at least 4 members (excludes halogenated alkanes) is 2. The fourth-order valence-corrected chi connectivity index (χ4v) is 5.04. The van der Waals surface area contributed by atoms with Crippen LogP contribution in [0.5, 0.6) is 11.5 Å². The summed E-state index contributed by atoms with van der Waals surface area (Å²) in [5.74, 6) is -0.154. The minimum atomic E-state index is -0.440. The molecule has 0 aromatic heterocycles. The van der Waals surface area contributed by atoms with E-state index in [2.05, 4.69) is 20.9 Å². The number of aromatic hydroxyl groups is 2. The van der Waals surface area contributed by atoms with Crippen molar-refractivity contribution < 1.29 is 24.5 Å². The van der Waals surface area contributed by atoms with Crippen molar-refractivity contribution in [1.82, 2.24) is 15.5 Å². The highest BCUT2D eigenvalue weighted by Gasteiger charge is 2.23. The molecule has 9 nitrogen and oxygen atoms in total. The summed E-state index contributed by atoms with van der Waals surface area (Å²) in [5.41, 5.74) is 3.62. The van der Waals surface area contributed by atoms with E-state index in [1.165, 1.54) is 6.07 Å². The number of phenolic OH excluding ortho intramolecular Hbond substituents is 2. The van der Waals surface area contributed by atoms with Gasteiger partial charge in [0.1, 0.15) is 6.10 Å². The van der Waals surface area contributed by atoms with E-state index in [-0.39, 0.29) is 23.5 Å². The van der Waals surface area contributed by atoms with Crippen molar-refractivity contribution in [3.05, 3.63) is 78.4 Å². The predicted molar refractivity (Wildman–Crippen MR) is 164 cm³/mol. The van der Waals surface area contributed by atoms with Crippen molar-refractivity contribution in [3.8, 4) is 22.6 Å². The Kier molecular flexibility index (Phi) is 12.0. The molecule has 9 heteroatoms. The maximum atomic E-state index is 12.6. The van der Waals surface area contributed by atoms with Gasteiger partial charge in [0.2, 0.25) is 5.91 Å². The maximum Gasteiger partial charge on any atom is 0.411 e. The number of likely N-dealkylation sites (tertiary alicyclic amines) is 1. The van der Waals surface area contributed by atoms with Crippen LogP contribution in [-0.4, -0.2) is 65.9 Å². The topological polar surface area (TPSA) is 123 Å². The molecular formula is C33H42N4O5.